The Morgan fingerprint density at radius 2 is 1.96 bits per heavy atom. The summed E-state index contributed by atoms with van der Waals surface area (Å²) in [5.74, 6) is -0.174. The van der Waals surface area contributed by atoms with Gasteiger partial charge in [0.25, 0.3) is 5.91 Å². The number of carbonyl (C=O) groups excluding carboxylic acids is 2. The Morgan fingerprint density at radius 1 is 1.29 bits per heavy atom. The minimum absolute atomic E-state index is 0.174. The van der Waals surface area contributed by atoms with E-state index < -0.39 is 5.60 Å². The molecule has 1 aliphatic rings. The number of amides is 2. The van der Waals surface area contributed by atoms with Crippen molar-refractivity contribution in [2.75, 3.05) is 39.3 Å². The van der Waals surface area contributed by atoms with Crippen LogP contribution in [-0.2, 0) is 4.74 Å². The minimum Gasteiger partial charge on any atom is -0.444 e. The number of H-pyrrole nitrogens is 1. The number of aryl methyl sites for hydroxylation is 1. The molecule has 24 heavy (non-hydrogen) atoms. The monoisotopic (exact) mass is 337 g/mol. The van der Waals surface area contributed by atoms with Crippen molar-refractivity contribution in [1.82, 2.24) is 25.3 Å². The van der Waals surface area contributed by atoms with Crippen LogP contribution in [-0.4, -0.2) is 76.9 Å². The lowest BCUT2D eigenvalue weighted by molar-refractivity contribution is 0.0147. The van der Waals surface area contributed by atoms with Gasteiger partial charge in [-0.25, -0.2) is 4.79 Å². The molecule has 1 aromatic heterocycles. The number of hydrogen-bond acceptors (Lipinski definition) is 5. The first kappa shape index (κ1) is 18.3. The predicted octanol–water partition coefficient (Wildman–Crippen LogP) is 1.00. The van der Waals surface area contributed by atoms with E-state index in [0.29, 0.717) is 25.3 Å². The first-order valence-electron chi connectivity index (χ1n) is 8.25. The molecule has 0 aliphatic carbocycles. The first-order chi connectivity index (χ1) is 11.2. The van der Waals surface area contributed by atoms with E-state index in [1.165, 1.54) is 0 Å². The Hall–Kier alpha value is -2.09. The molecular formula is C16H27N5O3. The van der Waals surface area contributed by atoms with Gasteiger partial charge in [0.2, 0.25) is 0 Å². The lowest BCUT2D eigenvalue weighted by Crippen LogP contribution is -2.51. The van der Waals surface area contributed by atoms with Crippen LogP contribution in [0.4, 0.5) is 4.79 Å². The summed E-state index contributed by atoms with van der Waals surface area (Å²) >= 11 is 0. The number of hydrogen-bond donors (Lipinski definition) is 2. The zero-order valence-corrected chi connectivity index (χ0v) is 14.9. The van der Waals surface area contributed by atoms with Crippen LogP contribution in [0.2, 0.25) is 0 Å². The normalized spacial score (nSPS) is 16.1. The molecule has 2 amide bonds. The topological polar surface area (TPSA) is 90.6 Å². The van der Waals surface area contributed by atoms with Gasteiger partial charge in [-0.2, -0.15) is 5.10 Å². The number of nitrogens with one attached hydrogen (secondary N) is 2. The molecule has 0 unspecified atom stereocenters. The number of piperazine rings is 1. The van der Waals surface area contributed by atoms with Crippen molar-refractivity contribution in [2.24, 2.45) is 0 Å². The molecule has 2 rings (SSSR count). The maximum atomic E-state index is 12.0. The lowest BCUT2D eigenvalue weighted by atomic mass is 10.2. The number of ether oxygens (including phenoxy) is 1. The molecule has 8 nitrogen and oxygen atoms in total. The van der Waals surface area contributed by atoms with Gasteiger partial charge in [0.15, 0.2) is 0 Å². The highest BCUT2D eigenvalue weighted by atomic mass is 16.6. The molecule has 1 saturated heterocycles. The van der Waals surface area contributed by atoms with Gasteiger partial charge in [0.05, 0.1) is 0 Å². The summed E-state index contributed by atoms with van der Waals surface area (Å²) in [5.41, 5.74) is 0.795. The molecule has 1 aromatic rings. The molecule has 8 heteroatoms. The Balaban J connectivity index is 1.66. The zero-order valence-electron chi connectivity index (χ0n) is 14.9. The van der Waals surface area contributed by atoms with Gasteiger partial charge in [-0.3, -0.25) is 14.8 Å². The molecule has 1 aliphatic heterocycles. The molecule has 2 heterocycles. The molecule has 0 radical (unpaired) electrons. The molecule has 134 valence electrons. The van der Waals surface area contributed by atoms with E-state index in [4.69, 9.17) is 4.74 Å². The van der Waals surface area contributed by atoms with Crippen LogP contribution in [0.1, 0.15) is 37.0 Å². The summed E-state index contributed by atoms with van der Waals surface area (Å²) in [6, 6.07) is 1.72. The second-order valence-corrected chi connectivity index (χ2v) is 7.00. The van der Waals surface area contributed by atoms with E-state index in [1.54, 1.807) is 11.0 Å². The van der Waals surface area contributed by atoms with Gasteiger partial charge in [0, 0.05) is 45.0 Å². The highest BCUT2D eigenvalue weighted by Gasteiger charge is 2.25. The quantitative estimate of drug-likeness (QED) is 0.855. The third kappa shape index (κ3) is 5.52. The molecule has 0 atom stereocenters. The summed E-state index contributed by atoms with van der Waals surface area (Å²) in [4.78, 5) is 27.8. The minimum atomic E-state index is -0.469. The van der Waals surface area contributed by atoms with Gasteiger partial charge in [-0.05, 0) is 33.8 Å². The van der Waals surface area contributed by atoms with Crippen LogP contribution < -0.4 is 5.32 Å². The van der Waals surface area contributed by atoms with E-state index in [1.807, 2.05) is 27.7 Å². The Bertz CT molecular complexity index is 571. The van der Waals surface area contributed by atoms with Crippen molar-refractivity contribution in [2.45, 2.75) is 33.3 Å². The first-order valence-corrected chi connectivity index (χ1v) is 8.25. The van der Waals surface area contributed by atoms with Crippen LogP contribution in [0, 0.1) is 6.92 Å². The third-order valence-electron chi connectivity index (χ3n) is 3.68. The summed E-state index contributed by atoms with van der Waals surface area (Å²) in [6.07, 6.45) is -0.260. The fourth-order valence-electron chi connectivity index (χ4n) is 2.43. The summed E-state index contributed by atoms with van der Waals surface area (Å²) in [6.45, 7) is 11.6. The molecule has 1 fully saturated rings. The SMILES string of the molecule is Cc1cc(C(=O)NCCN2CCN(C(=O)OC(C)(C)C)CC2)n[nH]1. The Kier molecular flexibility index (Phi) is 5.82. The van der Waals surface area contributed by atoms with E-state index in [2.05, 4.69) is 20.4 Å². The number of carbonyl (C=O) groups is 2. The average molecular weight is 337 g/mol. The van der Waals surface area contributed by atoms with Gasteiger partial charge in [-0.15, -0.1) is 0 Å². The van der Waals surface area contributed by atoms with Crippen molar-refractivity contribution in [3.05, 3.63) is 17.5 Å². The van der Waals surface area contributed by atoms with E-state index in [-0.39, 0.29) is 12.0 Å². The van der Waals surface area contributed by atoms with Gasteiger partial charge in [-0.1, -0.05) is 0 Å². The number of aromatic nitrogens is 2. The molecule has 0 aromatic carbocycles. The maximum absolute atomic E-state index is 12.0. The predicted molar refractivity (Wildman–Crippen MR) is 89.9 cm³/mol. The molecule has 0 saturated carbocycles. The molecular weight excluding hydrogens is 310 g/mol. The van der Waals surface area contributed by atoms with E-state index in [9.17, 15) is 9.59 Å². The second-order valence-electron chi connectivity index (χ2n) is 7.00. The Morgan fingerprint density at radius 3 is 2.50 bits per heavy atom. The lowest BCUT2D eigenvalue weighted by Gasteiger charge is -2.35. The summed E-state index contributed by atoms with van der Waals surface area (Å²) in [5, 5.41) is 9.54. The second kappa shape index (κ2) is 7.65. The van der Waals surface area contributed by atoms with Crippen molar-refractivity contribution in [3.63, 3.8) is 0 Å². The highest BCUT2D eigenvalue weighted by Crippen LogP contribution is 2.11. The van der Waals surface area contributed by atoms with E-state index >= 15 is 0 Å². The molecule has 2 N–H and O–H groups in total. The average Bonchev–Trinajstić information content (AvgIpc) is 2.93. The van der Waals surface area contributed by atoms with Crippen LogP contribution in [0.3, 0.4) is 0 Å². The largest absolute Gasteiger partial charge is 0.444 e. The van der Waals surface area contributed by atoms with Crippen molar-refractivity contribution >= 4 is 12.0 Å². The summed E-state index contributed by atoms with van der Waals surface area (Å²) in [7, 11) is 0. The number of aromatic amines is 1. The Labute approximate surface area is 142 Å². The zero-order chi connectivity index (χ0) is 17.7. The summed E-state index contributed by atoms with van der Waals surface area (Å²) < 4.78 is 5.38. The van der Waals surface area contributed by atoms with E-state index in [0.717, 1.165) is 25.3 Å². The van der Waals surface area contributed by atoms with Crippen molar-refractivity contribution < 1.29 is 14.3 Å². The van der Waals surface area contributed by atoms with Gasteiger partial charge in [0.1, 0.15) is 11.3 Å². The molecule has 0 spiro atoms. The van der Waals surface area contributed by atoms with Crippen LogP contribution in [0.5, 0.6) is 0 Å². The fourth-order valence-corrected chi connectivity index (χ4v) is 2.43. The number of rotatable bonds is 4. The standard InChI is InChI=1S/C16H27N5O3/c1-12-11-13(19-18-12)14(22)17-5-6-20-7-9-21(10-8-20)15(23)24-16(2,3)4/h11H,5-10H2,1-4H3,(H,17,22)(H,18,19). The van der Waals surface area contributed by atoms with Crippen molar-refractivity contribution in [3.8, 4) is 0 Å². The van der Waals surface area contributed by atoms with Gasteiger partial charge >= 0.3 is 6.09 Å². The highest BCUT2D eigenvalue weighted by molar-refractivity contribution is 5.92. The third-order valence-corrected chi connectivity index (χ3v) is 3.68. The molecule has 0 bridgehead atoms. The smallest absolute Gasteiger partial charge is 0.410 e. The maximum Gasteiger partial charge on any atom is 0.410 e. The van der Waals surface area contributed by atoms with Gasteiger partial charge < -0.3 is 15.0 Å². The van der Waals surface area contributed by atoms with Crippen molar-refractivity contribution in [1.29, 1.82) is 0 Å². The number of nitrogens with zero attached hydrogens (tertiary/aromatic N) is 3. The fraction of sp³-hybridized carbons (Fsp3) is 0.688. The van der Waals surface area contributed by atoms with Crippen LogP contribution in [0.15, 0.2) is 6.07 Å². The van der Waals surface area contributed by atoms with Crippen LogP contribution >= 0.6 is 0 Å². The van der Waals surface area contributed by atoms with Crippen LogP contribution in [0.25, 0.3) is 0 Å².